The van der Waals surface area contributed by atoms with E-state index >= 15 is 8.78 Å². The van der Waals surface area contributed by atoms with E-state index in [1.807, 2.05) is 7.05 Å². The Bertz CT molecular complexity index is 1390. The molecule has 4 aromatic rings. The standard InChI is InChI=1S/C21H16F2N4OS/c1-25-4-6-26(7-5-25)21-14(22)9-16-19(20(21)23)17(28)10-15-13-8-12(11-24)2-3-18(13)29-27(15)16/h2-3,8-10H,4-7H2,1H3. The molecule has 1 aliphatic heterocycles. The first-order chi connectivity index (χ1) is 14.0. The Morgan fingerprint density at radius 1 is 1.07 bits per heavy atom. The number of nitrogens with zero attached hydrogens (tertiary/aromatic N) is 4. The zero-order valence-electron chi connectivity index (χ0n) is 15.6. The minimum absolute atomic E-state index is 0.107. The topological polar surface area (TPSA) is 51.8 Å². The van der Waals surface area contributed by atoms with Crippen molar-refractivity contribution < 1.29 is 8.78 Å². The average Bonchev–Trinajstić information content (AvgIpc) is 3.07. The van der Waals surface area contributed by atoms with Crippen LogP contribution in [0.25, 0.3) is 26.5 Å². The third-order valence-electron chi connectivity index (χ3n) is 5.52. The largest absolute Gasteiger partial charge is 0.364 e. The van der Waals surface area contributed by atoms with Gasteiger partial charge in [0.2, 0.25) is 0 Å². The van der Waals surface area contributed by atoms with Crippen molar-refractivity contribution in [3.05, 3.63) is 57.8 Å². The van der Waals surface area contributed by atoms with Gasteiger partial charge in [0.15, 0.2) is 17.1 Å². The molecule has 29 heavy (non-hydrogen) atoms. The quantitative estimate of drug-likeness (QED) is 0.482. The van der Waals surface area contributed by atoms with Crippen LogP contribution in [0.2, 0.25) is 0 Å². The van der Waals surface area contributed by atoms with Gasteiger partial charge in [-0.2, -0.15) is 5.26 Å². The molecular formula is C21H16F2N4OS. The SMILES string of the molecule is CN1CCN(c2c(F)cc3c(c2F)c(=O)cc2c4cc(C#N)ccc4sn32)CC1. The number of nitriles is 1. The second-order valence-electron chi connectivity index (χ2n) is 7.31. The van der Waals surface area contributed by atoms with Crippen LogP contribution < -0.4 is 10.3 Å². The number of likely N-dealkylation sites (N-methyl/N-ethyl adjacent to an activating group) is 1. The monoisotopic (exact) mass is 410 g/mol. The highest BCUT2D eigenvalue weighted by Gasteiger charge is 2.25. The first-order valence-corrected chi connectivity index (χ1v) is 9.99. The number of halogens is 2. The Hall–Kier alpha value is -3.02. The molecule has 0 radical (unpaired) electrons. The molecule has 1 aliphatic rings. The molecule has 0 atom stereocenters. The van der Waals surface area contributed by atoms with Gasteiger partial charge in [-0.1, -0.05) is 11.5 Å². The highest BCUT2D eigenvalue weighted by molar-refractivity contribution is 7.14. The number of hydrogen-bond acceptors (Lipinski definition) is 5. The Kier molecular flexibility index (Phi) is 4.05. The zero-order valence-corrected chi connectivity index (χ0v) is 16.4. The second-order valence-corrected chi connectivity index (χ2v) is 8.30. The summed E-state index contributed by atoms with van der Waals surface area (Å²) in [5.74, 6) is -1.48. The fourth-order valence-electron chi connectivity index (χ4n) is 3.96. The normalized spacial score (nSPS) is 15.4. The van der Waals surface area contributed by atoms with Crippen LogP contribution in [0.5, 0.6) is 0 Å². The molecule has 1 saturated heterocycles. The van der Waals surface area contributed by atoms with Crippen molar-refractivity contribution in [1.29, 1.82) is 5.26 Å². The molecule has 1 fully saturated rings. The molecule has 0 unspecified atom stereocenters. The lowest BCUT2D eigenvalue weighted by molar-refractivity contribution is 0.310. The van der Waals surface area contributed by atoms with Crippen LogP contribution in [0.15, 0.2) is 35.1 Å². The Morgan fingerprint density at radius 2 is 1.83 bits per heavy atom. The maximum Gasteiger partial charge on any atom is 0.193 e. The summed E-state index contributed by atoms with van der Waals surface area (Å²) in [4.78, 5) is 16.6. The molecule has 2 aromatic carbocycles. The Morgan fingerprint density at radius 3 is 2.55 bits per heavy atom. The Balaban J connectivity index is 1.81. The highest BCUT2D eigenvalue weighted by Crippen LogP contribution is 2.34. The number of fused-ring (bicyclic) bond motifs is 5. The first kappa shape index (κ1) is 18.0. The van der Waals surface area contributed by atoms with Gasteiger partial charge in [-0.3, -0.25) is 8.58 Å². The van der Waals surface area contributed by atoms with E-state index in [0.717, 1.165) is 10.1 Å². The van der Waals surface area contributed by atoms with Crippen molar-refractivity contribution in [2.75, 3.05) is 38.1 Å². The molecule has 5 nitrogen and oxygen atoms in total. The van der Waals surface area contributed by atoms with E-state index in [1.165, 1.54) is 23.7 Å². The van der Waals surface area contributed by atoms with E-state index in [1.54, 1.807) is 26.9 Å². The fourth-order valence-corrected chi connectivity index (χ4v) is 5.04. The van der Waals surface area contributed by atoms with E-state index in [0.29, 0.717) is 37.3 Å². The van der Waals surface area contributed by atoms with Crippen LogP contribution in [0.3, 0.4) is 0 Å². The number of piperazine rings is 1. The van der Waals surface area contributed by atoms with Crippen molar-refractivity contribution in [3.8, 4) is 6.07 Å². The van der Waals surface area contributed by atoms with Crippen LogP contribution in [0, 0.1) is 23.0 Å². The van der Waals surface area contributed by atoms with Crippen molar-refractivity contribution in [2.45, 2.75) is 0 Å². The summed E-state index contributed by atoms with van der Waals surface area (Å²) in [5, 5.41) is 9.77. The van der Waals surface area contributed by atoms with Crippen molar-refractivity contribution in [1.82, 2.24) is 8.69 Å². The number of hydrogen-bond donors (Lipinski definition) is 0. The molecule has 0 amide bonds. The molecule has 2 aromatic heterocycles. The predicted octanol–water partition coefficient (Wildman–Crippen LogP) is 3.57. The number of rotatable bonds is 1. The molecule has 0 bridgehead atoms. The van der Waals surface area contributed by atoms with Crippen LogP contribution in [0.4, 0.5) is 14.5 Å². The lowest BCUT2D eigenvalue weighted by atomic mass is 10.1. The van der Waals surface area contributed by atoms with E-state index in [9.17, 15) is 4.79 Å². The van der Waals surface area contributed by atoms with Crippen LogP contribution in [-0.2, 0) is 0 Å². The molecule has 0 N–H and O–H groups in total. The molecule has 8 heteroatoms. The lowest BCUT2D eigenvalue weighted by Crippen LogP contribution is -2.45. The zero-order chi connectivity index (χ0) is 20.3. The van der Waals surface area contributed by atoms with E-state index in [-0.39, 0.29) is 16.6 Å². The van der Waals surface area contributed by atoms with Crippen LogP contribution in [-0.4, -0.2) is 41.9 Å². The van der Waals surface area contributed by atoms with E-state index < -0.39 is 17.1 Å². The van der Waals surface area contributed by atoms with Gasteiger partial charge in [0.1, 0.15) is 5.69 Å². The van der Waals surface area contributed by atoms with Gasteiger partial charge in [0.05, 0.1) is 32.8 Å². The summed E-state index contributed by atoms with van der Waals surface area (Å²) in [7, 11) is 1.97. The van der Waals surface area contributed by atoms with Crippen molar-refractivity contribution in [3.63, 3.8) is 0 Å². The van der Waals surface area contributed by atoms with Gasteiger partial charge in [-0.15, -0.1) is 0 Å². The minimum atomic E-state index is -0.806. The molecular weight excluding hydrogens is 394 g/mol. The second kappa shape index (κ2) is 6.51. The fraction of sp³-hybridized carbons (Fsp3) is 0.238. The highest BCUT2D eigenvalue weighted by atomic mass is 32.1. The Labute approximate surface area is 168 Å². The number of benzene rings is 2. The molecule has 146 valence electrons. The van der Waals surface area contributed by atoms with E-state index in [2.05, 4.69) is 11.0 Å². The molecule has 5 rings (SSSR count). The number of pyridine rings is 1. The smallest absolute Gasteiger partial charge is 0.193 e. The molecule has 0 spiro atoms. The maximum absolute atomic E-state index is 15.4. The predicted molar refractivity (Wildman–Crippen MR) is 111 cm³/mol. The molecule has 3 heterocycles. The van der Waals surface area contributed by atoms with Gasteiger partial charge < -0.3 is 9.80 Å². The first-order valence-electron chi connectivity index (χ1n) is 9.22. The summed E-state index contributed by atoms with van der Waals surface area (Å²) in [6.45, 7) is 2.40. The van der Waals surface area contributed by atoms with Crippen molar-refractivity contribution >= 4 is 43.7 Å². The minimum Gasteiger partial charge on any atom is -0.364 e. The molecule has 0 saturated carbocycles. The summed E-state index contributed by atoms with van der Waals surface area (Å²) in [6, 6.07) is 9.86. The van der Waals surface area contributed by atoms with Gasteiger partial charge in [-0.05, 0) is 25.2 Å². The third-order valence-corrected chi connectivity index (χ3v) is 6.65. The van der Waals surface area contributed by atoms with E-state index in [4.69, 9.17) is 5.26 Å². The maximum atomic E-state index is 15.4. The van der Waals surface area contributed by atoms with Crippen LogP contribution in [0.1, 0.15) is 5.56 Å². The number of anilines is 1. The van der Waals surface area contributed by atoms with Gasteiger partial charge in [0, 0.05) is 43.7 Å². The summed E-state index contributed by atoms with van der Waals surface area (Å²) >= 11 is 1.29. The third kappa shape index (κ3) is 2.69. The summed E-state index contributed by atoms with van der Waals surface area (Å²) in [5.41, 5.74) is 0.601. The van der Waals surface area contributed by atoms with Gasteiger partial charge >= 0.3 is 0 Å². The van der Waals surface area contributed by atoms with Crippen molar-refractivity contribution in [2.24, 2.45) is 0 Å². The molecule has 0 aliphatic carbocycles. The summed E-state index contributed by atoms with van der Waals surface area (Å²) < 4.78 is 33.0. The number of aromatic nitrogens is 1. The summed E-state index contributed by atoms with van der Waals surface area (Å²) in [6.07, 6.45) is 0. The van der Waals surface area contributed by atoms with Gasteiger partial charge in [-0.25, -0.2) is 8.78 Å². The van der Waals surface area contributed by atoms with Crippen LogP contribution >= 0.6 is 11.5 Å². The van der Waals surface area contributed by atoms with Gasteiger partial charge in [0.25, 0.3) is 0 Å². The lowest BCUT2D eigenvalue weighted by Gasteiger charge is -2.34. The average molecular weight is 410 g/mol.